The summed E-state index contributed by atoms with van der Waals surface area (Å²) in [5.74, 6) is 4.12. The highest BCUT2D eigenvalue weighted by Gasteiger charge is 2.41. The molecule has 0 atom stereocenters. The maximum absolute atomic E-state index is 6.44. The molecule has 0 aromatic heterocycles. The van der Waals surface area contributed by atoms with Gasteiger partial charge in [-0.2, -0.15) is 0 Å². The molecule has 3 heteroatoms. The molecule has 0 unspecified atom stereocenters. The van der Waals surface area contributed by atoms with Crippen molar-refractivity contribution in [3.63, 3.8) is 0 Å². The van der Waals surface area contributed by atoms with Gasteiger partial charge in [0.15, 0.2) is 0 Å². The van der Waals surface area contributed by atoms with E-state index >= 15 is 0 Å². The normalized spacial score (nSPS) is 11.8. The molecule has 0 N–H and O–H groups in total. The molecule has 0 radical (unpaired) electrons. The molecule has 0 spiro atoms. The van der Waals surface area contributed by atoms with Gasteiger partial charge in [-0.05, 0) is 41.2 Å². The average Bonchev–Trinajstić information content (AvgIpc) is 2.41. The second kappa shape index (κ2) is 7.57. The largest absolute Gasteiger partial charge is 0.495 e. The van der Waals surface area contributed by atoms with Crippen LogP contribution in [0.5, 0.6) is 5.75 Å². The van der Waals surface area contributed by atoms with Crippen LogP contribution in [-0.4, -0.2) is 15.2 Å². The van der Waals surface area contributed by atoms with Gasteiger partial charge in [0.1, 0.15) is 13.8 Å². The number of methoxy groups -OCH3 is 1. The smallest absolute Gasteiger partial charge is 0.146 e. The molecule has 1 aromatic carbocycles. The summed E-state index contributed by atoms with van der Waals surface area (Å²) in [4.78, 5) is 0. The fraction of sp³-hybridized carbons (Fsp3) is 0.579. The van der Waals surface area contributed by atoms with Gasteiger partial charge in [-0.1, -0.05) is 59.1 Å². The van der Waals surface area contributed by atoms with Crippen LogP contribution in [0.4, 0.5) is 0 Å². The highest BCUT2D eigenvalue weighted by Crippen LogP contribution is 2.41. The van der Waals surface area contributed by atoms with Gasteiger partial charge in [-0.25, -0.2) is 0 Å². The second-order valence-electron chi connectivity index (χ2n) is 6.98. The lowest BCUT2D eigenvalue weighted by Crippen LogP contribution is -2.43. The predicted molar refractivity (Wildman–Crippen MR) is 101 cm³/mol. The van der Waals surface area contributed by atoms with Gasteiger partial charge in [0, 0.05) is 5.56 Å². The maximum atomic E-state index is 6.44. The SMILES string of the molecule is COc1cc(C)cc(C#C[Si](C(C)C)(C(C)C)C(C)C)c1Cl. The van der Waals surface area contributed by atoms with Crippen molar-refractivity contribution in [2.24, 2.45) is 0 Å². The third kappa shape index (κ3) is 3.70. The van der Waals surface area contributed by atoms with Crippen molar-refractivity contribution in [2.45, 2.75) is 65.1 Å². The Morgan fingerprint density at radius 3 is 1.91 bits per heavy atom. The molecular weight excluding hydrogens is 308 g/mol. The number of hydrogen-bond donors (Lipinski definition) is 0. The standard InChI is InChI=1S/C19H29ClOSi/c1-13(2)22(14(3)4,15(5)6)10-9-17-11-16(7)12-18(21-8)19(17)20/h11-15H,1-8H3. The molecule has 1 aromatic rings. The highest BCUT2D eigenvalue weighted by molar-refractivity contribution is 6.90. The number of benzene rings is 1. The Hall–Kier alpha value is -0.913. The molecule has 0 aliphatic carbocycles. The first-order valence-corrected chi connectivity index (χ1v) is 10.6. The number of halogens is 1. The predicted octanol–water partition coefficient (Wildman–Crippen LogP) is 6.23. The summed E-state index contributed by atoms with van der Waals surface area (Å²) in [6.07, 6.45) is 0. The van der Waals surface area contributed by atoms with Crippen molar-refractivity contribution in [1.29, 1.82) is 0 Å². The molecule has 1 nitrogen and oxygen atoms in total. The Morgan fingerprint density at radius 1 is 1.00 bits per heavy atom. The first kappa shape index (κ1) is 19.1. The van der Waals surface area contributed by atoms with Gasteiger partial charge in [0.2, 0.25) is 0 Å². The van der Waals surface area contributed by atoms with E-state index in [4.69, 9.17) is 16.3 Å². The zero-order chi connectivity index (χ0) is 17.1. The number of aryl methyl sites for hydroxylation is 1. The Kier molecular flexibility index (Phi) is 6.59. The zero-order valence-corrected chi connectivity index (χ0v) is 16.9. The third-order valence-corrected chi connectivity index (χ3v) is 11.4. The number of ether oxygens (including phenoxy) is 1. The van der Waals surface area contributed by atoms with E-state index in [2.05, 4.69) is 59.1 Å². The van der Waals surface area contributed by atoms with E-state index in [0.717, 1.165) is 11.1 Å². The van der Waals surface area contributed by atoms with Crippen molar-refractivity contribution in [2.75, 3.05) is 7.11 Å². The van der Waals surface area contributed by atoms with Crippen LogP contribution in [0.1, 0.15) is 52.7 Å². The molecule has 0 bridgehead atoms. The van der Waals surface area contributed by atoms with E-state index in [9.17, 15) is 0 Å². The van der Waals surface area contributed by atoms with Crippen molar-refractivity contribution < 1.29 is 4.74 Å². The summed E-state index contributed by atoms with van der Waals surface area (Å²) in [6, 6.07) is 4.00. The van der Waals surface area contributed by atoms with Crippen LogP contribution in [-0.2, 0) is 0 Å². The first-order valence-electron chi connectivity index (χ1n) is 8.04. The molecule has 0 aliphatic rings. The van der Waals surface area contributed by atoms with Crippen LogP contribution in [0.2, 0.25) is 21.6 Å². The molecular formula is C19H29ClOSi. The summed E-state index contributed by atoms with van der Waals surface area (Å²) in [6.45, 7) is 16.0. The molecule has 0 aliphatic heterocycles. The molecule has 1 rings (SSSR count). The molecule has 0 heterocycles. The lowest BCUT2D eigenvalue weighted by atomic mass is 10.1. The van der Waals surface area contributed by atoms with E-state index in [-0.39, 0.29) is 0 Å². The highest BCUT2D eigenvalue weighted by atomic mass is 35.5. The van der Waals surface area contributed by atoms with Crippen molar-refractivity contribution in [1.82, 2.24) is 0 Å². The number of hydrogen-bond acceptors (Lipinski definition) is 1. The lowest BCUT2D eigenvalue weighted by Gasteiger charge is -2.38. The van der Waals surface area contributed by atoms with Crippen LogP contribution < -0.4 is 4.74 Å². The summed E-state index contributed by atoms with van der Waals surface area (Å²) in [7, 11) is -0.0927. The minimum Gasteiger partial charge on any atom is -0.495 e. The fourth-order valence-electron chi connectivity index (χ4n) is 3.58. The van der Waals surface area contributed by atoms with Gasteiger partial charge in [0.25, 0.3) is 0 Å². The van der Waals surface area contributed by atoms with Gasteiger partial charge >= 0.3 is 0 Å². The lowest BCUT2D eigenvalue weighted by molar-refractivity contribution is 0.414. The van der Waals surface area contributed by atoms with Gasteiger partial charge in [-0.3, -0.25) is 0 Å². The van der Waals surface area contributed by atoms with E-state index in [1.54, 1.807) is 7.11 Å². The third-order valence-electron chi connectivity index (χ3n) is 4.68. The van der Waals surface area contributed by atoms with Gasteiger partial charge < -0.3 is 4.74 Å². The average molecular weight is 337 g/mol. The topological polar surface area (TPSA) is 9.23 Å². The van der Waals surface area contributed by atoms with Crippen LogP contribution in [0, 0.1) is 18.4 Å². The molecule has 0 saturated carbocycles. The number of rotatable bonds is 4. The zero-order valence-electron chi connectivity index (χ0n) is 15.2. The molecule has 22 heavy (non-hydrogen) atoms. The van der Waals surface area contributed by atoms with Crippen molar-refractivity contribution in [3.05, 3.63) is 28.3 Å². The monoisotopic (exact) mass is 336 g/mol. The summed E-state index contributed by atoms with van der Waals surface area (Å²) < 4.78 is 5.35. The van der Waals surface area contributed by atoms with Gasteiger partial charge in [-0.15, -0.1) is 5.54 Å². The second-order valence-corrected chi connectivity index (χ2v) is 12.9. The fourth-order valence-corrected chi connectivity index (χ4v) is 9.03. The van der Waals surface area contributed by atoms with Crippen LogP contribution >= 0.6 is 11.6 Å². The van der Waals surface area contributed by atoms with E-state index in [0.29, 0.717) is 27.4 Å². The summed E-state index contributed by atoms with van der Waals surface area (Å²) >= 11 is 6.44. The van der Waals surface area contributed by atoms with E-state index in [1.165, 1.54) is 0 Å². The summed E-state index contributed by atoms with van der Waals surface area (Å²) in [5, 5.41) is 0.625. The maximum Gasteiger partial charge on any atom is 0.146 e. The quantitative estimate of drug-likeness (QED) is 0.468. The van der Waals surface area contributed by atoms with E-state index < -0.39 is 8.07 Å². The first-order chi connectivity index (χ1) is 10.2. The molecule has 0 fully saturated rings. The molecule has 0 amide bonds. The summed E-state index contributed by atoms with van der Waals surface area (Å²) in [5.41, 5.74) is 7.57. The van der Waals surface area contributed by atoms with E-state index in [1.807, 2.05) is 13.0 Å². The Labute approximate surface area is 142 Å². The Balaban J connectivity index is 3.45. The van der Waals surface area contributed by atoms with Crippen LogP contribution in [0.3, 0.4) is 0 Å². The van der Waals surface area contributed by atoms with Crippen LogP contribution in [0.15, 0.2) is 12.1 Å². The Bertz CT molecular complexity index is 557. The van der Waals surface area contributed by atoms with Gasteiger partial charge in [0.05, 0.1) is 12.1 Å². The molecule has 0 saturated heterocycles. The minimum atomic E-state index is -1.74. The van der Waals surface area contributed by atoms with Crippen molar-refractivity contribution in [3.8, 4) is 17.2 Å². The van der Waals surface area contributed by atoms with Crippen LogP contribution in [0.25, 0.3) is 0 Å². The molecule has 122 valence electrons. The minimum absolute atomic E-state index is 0.616. The Morgan fingerprint density at radius 2 is 1.50 bits per heavy atom. The van der Waals surface area contributed by atoms with Crippen molar-refractivity contribution >= 4 is 19.7 Å².